The number of carbonyl (C=O) groups excluding carboxylic acids is 1. The number of pyridine rings is 1. The van der Waals surface area contributed by atoms with E-state index in [0.717, 1.165) is 22.2 Å². The normalized spacial score (nSPS) is 10.7. The van der Waals surface area contributed by atoms with E-state index in [1.165, 1.54) is 0 Å². The summed E-state index contributed by atoms with van der Waals surface area (Å²) in [7, 11) is 0. The number of nitrogens with one attached hydrogen (secondary N) is 2. The lowest BCUT2D eigenvalue weighted by Crippen LogP contribution is -2.24. The minimum Gasteiger partial charge on any atom is -0.361 e. The zero-order chi connectivity index (χ0) is 14.7. The van der Waals surface area contributed by atoms with Gasteiger partial charge < -0.3 is 10.3 Å². The van der Waals surface area contributed by atoms with Crippen LogP contribution in [0.4, 0.5) is 0 Å². The van der Waals surface area contributed by atoms with Crippen molar-refractivity contribution in [1.29, 1.82) is 0 Å². The first-order chi connectivity index (χ1) is 10.2. The van der Waals surface area contributed by atoms with Gasteiger partial charge in [0.2, 0.25) is 5.91 Å². The molecular weight excluding hydrogens is 286 g/mol. The second-order valence-electron chi connectivity index (χ2n) is 4.78. The molecule has 0 spiro atoms. The smallest absolute Gasteiger partial charge is 0.224 e. The molecule has 2 N–H and O–H groups in total. The van der Waals surface area contributed by atoms with E-state index in [2.05, 4.69) is 15.3 Å². The zero-order valence-electron chi connectivity index (χ0n) is 11.3. The Hall–Kier alpha value is -2.33. The fourth-order valence-corrected chi connectivity index (χ4v) is 2.40. The summed E-state index contributed by atoms with van der Waals surface area (Å²) in [6.45, 7) is 0.438. The van der Waals surface area contributed by atoms with E-state index < -0.39 is 0 Å². The van der Waals surface area contributed by atoms with Crippen LogP contribution >= 0.6 is 11.6 Å². The number of benzene rings is 1. The molecule has 2 aromatic heterocycles. The SMILES string of the molecule is O=C(Cc1c[nH]c2cc(Cl)ccc12)NCc1ccccn1. The third-order valence-corrected chi connectivity index (χ3v) is 3.51. The van der Waals surface area contributed by atoms with Crippen LogP contribution in [0.3, 0.4) is 0 Å². The molecule has 4 nitrogen and oxygen atoms in total. The number of amides is 1. The topological polar surface area (TPSA) is 57.8 Å². The molecule has 3 aromatic rings. The molecule has 21 heavy (non-hydrogen) atoms. The van der Waals surface area contributed by atoms with E-state index in [1.54, 1.807) is 6.20 Å². The van der Waals surface area contributed by atoms with E-state index in [-0.39, 0.29) is 5.91 Å². The summed E-state index contributed by atoms with van der Waals surface area (Å²) in [5, 5.41) is 4.57. The molecule has 2 heterocycles. The number of hydrogen-bond donors (Lipinski definition) is 2. The maximum atomic E-state index is 12.0. The maximum Gasteiger partial charge on any atom is 0.224 e. The van der Waals surface area contributed by atoms with E-state index >= 15 is 0 Å². The molecule has 1 amide bonds. The van der Waals surface area contributed by atoms with Gasteiger partial charge in [0.1, 0.15) is 0 Å². The van der Waals surface area contributed by atoms with Crippen molar-refractivity contribution >= 4 is 28.4 Å². The molecule has 0 aliphatic carbocycles. The van der Waals surface area contributed by atoms with E-state index in [9.17, 15) is 4.79 Å². The maximum absolute atomic E-state index is 12.0. The minimum absolute atomic E-state index is 0.0310. The standard InChI is InChI=1S/C16H14ClN3O/c17-12-4-5-14-11(9-19-15(14)8-12)7-16(21)20-10-13-3-1-2-6-18-13/h1-6,8-9,19H,7,10H2,(H,20,21). The number of fused-ring (bicyclic) bond motifs is 1. The van der Waals surface area contributed by atoms with Gasteiger partial charge in [0, 0.05) is 28.3 Å². The van der Waals surface area contributed by atoms with Gasteiger partial charge in [-0.05, 0) is 29.8 Å². The Morgan fingerprint density at radius 2 is 2.19 bits per heavy atom. The van der Waals surface area contributed by atoms with Crippen LogP contribution in [0.5, 0.6) is 0 Å². The van der Waals surface area contributed by atoms with Gasteiger partial charge in [-0.25, -0.2) is 0 Å². The summed E-state index contributed by atoms with van der Waals surface area (Å²) in [5.41, 5.74) is 2.74. The van der Waals surface area contributed by atoms with Crippen LogP contribution in [0.15, 0.2) is 48.8 Å². The molecule has 106 valence electrons. The average molecular weight is 300 g/mol. The first-order valence-corrected chi connectivity index (χ1v) is 7.02. The Balaban J connectivity index is 1.66. The van der Waals surface area contributed by atoms with Crippen LogP contribution in [0, 0.1) is 0 Å². The number of H-pyrrole nitrogens is 1. The molecule has 0 radical (unpaired) electrons. The number of aromatic amines is 1. The fourth-order valence-electron chi connectivity index (χ4n) is 2.23. The summed E-state index contributed by atoms with van der Waals surface area (Å²) in [4.78, 5) is 19.3. The molecule has 0 bridgehead atoms. The summed E-state index contributed by atoms with van der Waals surface area (Å²) in [5.74, 6) is -0.0310. The Labute approximate surface area is 127 Å². The molecular formula is C16H14ClN3O. The summed E-state index contributed by atoms with van der Waals surface area (Å²) in [6, 6.07) is 11.2. The van der Waals surface area contributed by atoms with Crippen molar-refractivity contribution in [3.63, 3.8) is 0 Å². The van der Waals surface area contributed by atoms with Crippen molar-refractivity contribution in [3.8, 4) is 0 Å². The average Bonchev–Trinajstić information content (AvgIpc) is 2.88. The van der Waals surface area contributed by atoms with Crippen molar-refractivity contribution in [1.82, 2.24) is 15.3 Å². The van der Waals surface area contributed by atoms with Gasteiger partial charge in [-0.3, -0.25) is 9.78 Å². The monoisotopic (exact) mass is 299 g/mol. The van der Waals surface area contributed by atoms with Gasteiger partial charge in [0.15, 0.2) is 0 Å². The van der Waals surface area contributed by atoms with Crippen LogP contribution in [0.2, 0.25) is 5.02 Å². The quantitative estimate of drug-likeness (QED) is 0.778. The number of aromatic nitrogens is 2. The van der Waals surface area contributed by atoms with Crippen LogP contribution < -0.4 is 5.32 Å². The van der Waals surface area contributed by atoms with Crippen LogP contribution in [0.25, 0.3) is 10.9 Å². The van der Waals surface area contributed by atoms with Crippen molar-refractivity contribution < 1.29 is 4.79 Å². The lowest BCUT2D eigenvalue weighted by atomic mass is 10.1. The van der Waals surface area contributed by atoms with Gasteiger partial charge in [-0.2, -0.15) is 0 Å². The third kappa shape index (κ3) is 3.23. The molecule has 0 saturated carbocycles. The second-order valence-corrected chi connectivity index (χ2v) is 5.21. The van der Waals surface area contributed by atoms with Crippen LogP contribution in [-0.2, 0) is 17.8 Å². The third-order valence-electron chi connectivity index (χ3n) is 3.27. The Kier molecular flexibility index (Phi) is 3.88. The number of halogens is 1. The fraction of sp³-hybridized carbons (Fsp3) is 0.125. The number of rotatable bonds is 4. The molecule has 0 saturated heterocycles. The Morgan fingerprint density at radius 1 is 1.29 bits per heavy atom. The Bertz CT molecular complexity index is 768. The number of nitrogens with zero attached hydrogens (tertiary/aromatic N) is 1. The molecule has 5 heteroatoms. The zero-order valence-corrected chi connectivity index (χ0v) is 12.0. The molecule has 3 rings (SSSR count). The molecule has 0 aliphatic heterocycles. The lowest BCUT2D eigenvalue weighted by molar-refractivity contribution is -0.120. The largest absolute Gasteiger partial charge is 0.361 e. The molecule has 0 atom stereocenters. The lowest BCUT2D eigenvalue weighted by Gasteiger charge is -2.04. The number of carbonyl (C=O) groups is 1. The van der Waals surface area contributed by atoms with Gasteiger partial charge >= 0.3 is 0 Å². The predicted octanol–water partition coefficient (Wildman–Crippen LogP) is 3.08. The first kappa shape index (κ1) is 13.6. The van der Waals surface area contributed by atoms with E-state index in [0.29, 0.717) is 18.0 Å². The molecule has 0 unspecified atom stereocenters. The van der Waals surface area contributed by atoms with Crippen LogP contribution in [0.1, 0.15) is 11.3 Å². The van der Waals surface area contributed by atoms with Crippen molar-refractivity contribution in [3.05, 3.63) is 65.1 Å². The molecule has 0 fully saturated rings. The van der Waals surface area contributed by atoms with Crippen molar-refractivity contribution in [2.45, 2.75) is 13.0 Å². The Morgan fingerprint density at radius 3 is 3.00 bits per heavy atom. The minimum atomic E-state index is -0.0310. The second kappa shape index (κ2) is 5.97. The first-order valence-electron chi connectivity index (χ1n) is 6.64. The van der Waals surface area contributed by atoms with Crippen LogP contribution in [-0.4, -0.2) is 15.9 Å². The van der Waals surface area contributed by atoms with E-state index in [4.69, 9.17) is 11.6 Å². The molecule has 1 aromatic carbocycles. The van der Waals surface area contributed by atoms with Gasteiger partial charge in [0.05, 0.1) is 18.7 Å². The highest BCUT2D eigenvalue weighted by molar-refractivity contribution is 6.31. The van der Waals surface area contributed by atoms with Gasteiger partial charge in [-0.15, -0.1) is 0 Å². The summed E-state index contributed by atoms with van der Waals surface area (Å²) < 4.78 is 0. The highest BCUT2D eigenvalue weighted by Crippen LogP contribution is 2.22. The van der Waals surface area contributed by atoms with Gasteiger partial charge in [-0.1, -0.05) is 23.7 Å². The van der Waals surface area contributed by atoms with Crippen molar-refractivity contribution in [2.75, 3.05) is 0 Å². The summed E-state index contributed by atoms with van der Waals surface area (Å²) in [6.07, 6.45) is 3.89. The predicted molar refractivity (Wildman–Crippen MR) is 83.1 cm³/mol. The highest BCUT2D eigenvalue weighted by Gasteiger charge is 2.09. The number of hydrogen-bond acceptors (Lipinski definition) is 2. The van der Waals surface area contributed by atoms with E-state index in [1.807, 2.05) is 42.6 Å². The highest BCUT2D eigenvalue weighted by atomic mass is 35.5. The summed E-state index contributed by atoms with van der Waals surface area (Å²) >= 11 is 5.94. The van der Waals surface area contributed by atoms with Gasteiger partial charge in [0.25, 0.3) is 0 Å². The van der Waals surface area contributed by atoms with Crippen molar-refractivity contribution in [2.24, 2.45) is 0 Å². The molecule has 0 aliphatic rings.